The first-order valence-corrected chi connectivity index (χ1v) is 43.0. The highest BCUT2D eigenvalue weighted by molar-refractivity contribution is 9.10. The summed E-state index contributed by atoms with van der Waals surface area (Å²) in [6.07, 6.45) is 0. The molecule has 0 amide bonds. The van der Waals surface area contributed by atoms with E-state index in [2.05, 4.69) is 425 Å². The lowest BCUT2D eigenvalue weighted by molar-refractivity contribution is 1.17. The minimum Gasteiger partial charge on any atom is -0.356 e. The van der Waals surface area contributed by atoms with Gasteiger partial charge >= 0.3 is 0 Å². The number of nitrogens with one attached hydrogen (secondary N) is 1. The molecule has 12 heteroatoms. The molecule has 0 aliphatic heterocycles. The molecule has 0 fully saturated rings. The first-order chi connectivity index (χ1) is 61.3. The van der Waals surface area contributed by atoms with Gasteiger partial charge in [-0.2, -0.15) is 0 Å². The number of fused-ring (bicyclic) bond motifs is 11. The predicted molar refractivity (Wildman–Crippen MR) is 525 cm³/mol. The second kappa shape index (κ2) is 33.5. The Kier molecular flexibility index (Phi) is 20.5. The number of hydrogen-bond donors (Lipinski definition) is 1. The second-order valence-electron chi connectivity index (χ2n) is 30.4. The van der Waals surface area contributed by atoms with Gasteiger partial charge in [0.15, 0.2) is 0 Å². The van der Waals surface area contributed by atoms with Crippen molar-refractivity contribution in [2.75, 3.05) is 15.1 Å². The summed E-state index contributed by atoms with van der Waals surface area (Å²) < 4.78 is 9.14. The number of anilines is 8. The average Bonchev–Trinajstić information content (AvgIpc) is 1.62. The maximum Gasteiger partial charge on any atom is 0.0973 e. The first-order valence-electron chi connectivity index (χ1n) is 41.4. The second-order valence-corrected chi connectivity index (χ2v) is 32.3. The molecule has 0 radical (unpaired) electrons. The van der Waals surface area contributed by atoms with Gasteiger partial charge in [-0.15, -0.1) is 0 Å². The SMILES string of the molecule is Brc1ccc(-c2nc3ccccc3nc2-c2ccc(Br)cc2)cc1.c1ccc(N(c2ccc(-c3nc4ccccc4nc3-c3ccc(N(c4ccccc4)c4ccc(-n5c6ccccc6c6ccccc65)cc4)cc3)cc2)c2ccc(-n3c4ccccc4c4ccccc43)cc2)cc1.c1ccc(Nc2ccc(-n3c4ccccc4c4ccccc43)cc2)cc1. The van der Waals surface area contributed by atoms with Crippen LogP contribution in [0.3, 0.4) is 0 Å². The monoisotopic (exact) mass is 1720 g/mol. The summed E-state index contributed by atoms with van der Waals surface area (Å²) in [4.78, 5) is 25.0. The van der Waals surface area contributed by atoms with Crippen molar-refractivity contribution in [3.05, 3.63) is 464 Å². The Morgan fingerprint density at radius 2 is 0.387 bits per heavy atom. The Labute approximate surface area is 734 Å². The Hall–Kier alpha value is -15.6. The Morgan fingerprint density at radius 3 is 0.661 bits per heavy atom. The number of benzene rings is 18. The van der Waals surface area contributed by atoms with Gasteiger partial charge < -0.3 is 28.8 Å². The Morgan fingerprint density at radius 1 is 0.185 bits per heavy atom. The number of hydrogen-bond acceptors (Lipinski definition) is 7. The predicted octanol–water partition coefficient (Wildman–Crippen LogP) is 31.1. The van der Waals surface area contributed by atoms with Crippen molar-refractivity contribution in [1.82, 2.24) is 33.6 Å². The summed E-state index contributed by atoms with van der Waals surface area (Å²) in [7, 11) is 0. The molecular weight excluding hydrogens is 1650 g/mol. The number of aromatic nitrogens is 7. The molecule has 0 spiro atoms. The molecule has 0 saturated heterocycles. The third-order valence-electron chi connectivity index (χ3n) is 22.9. The zero-order chi connectivity index (χ0) is 82.8. The van der Waals surface area contributed by atoms with Gasteiger partial charge in [-0.3, -0.25) is 0 Å². The summed E-state index contributed by atoms with van der Waals surface area (Å²) in [5, 5.41) is 11.0. The largest absolute Gasteiger partial charge is 0.356 e. The van der Waals surface area contributed by atoms with Crippen molar-refractivity contribution in [1.29, 1.82) is 0 Å². The van der Waals surface area contributed by atoms with Crippen molar-refractivity contribution in [3.63, 3.8) is 0 Å². The van der Waals surface area contributed by atoms with Gasteiger partial charge in [0.1, 0.15) is 0 Å². The van der Waals surface area contributed by atoms with Crippen molar-refractivity contribution in [2.45, 2.75) is 0 Å². The van der Waals surface area contributed by atoms with Crippen LogP contribution in [0.25, 0.3) is 150 Å². The highest BCUT2D eigenvalue weighted by Gasteiger charge is 2.22. The molecule has 0 saturated carbocycles. The molecule has 23 rings (SSSR count). The van der Waals surface area contributed by atoms with E-state index >= 15 is 0 Å². The van der Waals surface area contributed by atoms with Crippen LogP contribution in [0.15, 0.2) is 464 Å². The van der Waals surface area contributed by atoms with Crippen molar-refractivity contribution in [3.8, 4) is 62.1 Å². The van der Waals surface area contributed by atoms with Crippen LogP contribution in [0.2, 0.25) is 0 Å². The van der Waals surface area contributed by atoms with Crippen molar-refractivity contribution in [2.24, 2.45) is 0 Å². The number of nitrogens with zero attached hydrogens (tertiary/aromatic N) is 9. The molecule has 0 atom stereocenters. The van der Waals surface area contributed by atoms with Crippen molar-refractivity contribution < 1.29 is 0 Å². The molecule has 0 unspecified atom stereocenters. The first kappa shape index (κ1) is 75.8. The molecule has 0 bridgehead atoms. The van der Waals surface area contributed by atoms with Gasteiger partial charge in [-0.05, 0) is 218 Å². The van der Waals surface area contributed by atoms with E-state index in [0.29, 0.717) is 0 Å². The van der Waals surface area contributed by atoms with E-state index in [1.165, 1.54) is 71.1 Å². The van der Waals surface area contributed by atoms with Crippen LogP contribution in [0.5, 0.6) is 0 Å². The number of rotatable bonds is 15. The Bertz CT molecular complexity index is 7270. The number of halogens is 2. The quantitative estimate of drug-likeness (QED) is 0.109. The average molecular weight is 1720 g/mol. The van der Waals surface area contributed by atoms with Crippen LogP contribution in [0, 0.1) is 0 Å². The van der Waals surface area contributed by atoms with E-state index in [0.717, 1.165) is 133 Å². The van der Waals surface area contributed by atoms with Crippen molar-refractivity contribution >= 4 is 165 Å². The molecule has 124 heavy (non-hydrogen) atoms. The lowest BCUT2D eigenvalue weighted by atomic mass is 10.0. The zero-order valence-corrected chi connectivity index (χ0v) is 70.3. The summed E-state index contributed by atoms with van der Waals surface area (Å²) >= 11 is 6.98. The van der Waals surface area contributed by atoms with Crippen LogP contribution in [-0.2, 0) is 0 Å². The van der Waals surface area contributed by atoms with Gasteiger partial charge in [0.25, 0.3) is 0 Å². The summed E-state index contributed by atoms with van der Waals surface area (Å²) in [5.41, 5.74) is 30.1. The van der Waals surface area contributed by atoms with Gasteiger partial charge in [-0.1, -0.05) is 268 Å². The maximum absolute atomic E-state index is 5.32. The van der Waals surface area contributed by atoms with E-state index in [1.54, 1.807) is 0 Å². The lowest BCUT2D eigenvalue weighted by Gasteiger charge is -2.26. The van der Waals surface area contributed by atoms with E-state index in [9.17, 15) is 0 Å². The van der Waals surface area contributed by atoms with Gasteiger partial charge in [0.05, 0.1) is 77.9 Å². The minimum atomic E-state index is 0.824. The fourth-order valence-corrected chi connectivity index (χ4v) is 17.6. The summed E-state index contributed by atoms with van der Waals surface area (Å²) in [6.45, 7) is 0. The fraction of sp³-hybridized carbons (Fsp3) is 0. The summed E-state index contributed by atoms with van der Waals surface area (Å²) in [5.74, 6) is 0. The molecule has 5 aromatic heterocycles. The summed E-state index contributed by atoms with van der Waals surface area (Å²) in [6, 6.07) is 159. The fourth-order valence-electron chi connectivity index (χ4n) is 17.1. The third-order valence-corrected chi connectivity index (χ3v) is 23.9. The van der Waals surface area contributed by atoms with E-state index in [-0.39, 0.29) is 0 Å². The minimum absolute atomic E-state index is 0.824. The van der Waals surface area contributed by atoms with Gasteiger partial charge in [0, 0.05) is 126 Å². The van der Waals surface area contributed by atoms with Crippen LogP contribution in [0.1, 0.15) is 0 Å². The van der Waals surface area contributed by atoms with E-state index < -0.39 is 0 Å². The van der Waals surface area contributed by atoms with Gasteiger partial charge in [-0.25, -0.2) is 19.9 Å². The normalized spacial score (nSPS) is 11.3. The van der Waals surface area contributed by atoms with Crippen LogP contribution in [-0.4, -0.2) is 33.6 Å². The third kappa shape index (κ3) is 14.8. The van der Waals surface area contributed by atoms with E-state index in [1.807, 2.05) is 91.0 Å². The smallest absolute Gasteiger partial charge is 0.0973 e. The van der Waals surface area contributed by atoms with E-state index in [4.69, 9.17) is 19.9 Å². The van der Waals surface area contributed by atoms with Gasteiger partial charge in [0.2, 0.25) is 0 Å². The molecule has 10 nitrogen and oxygen atoms in total. The lowest BCUT2D eigenvalue weighted by Crippen LogP contribution is -2.10. The number of para-hydroxylation sites is 13. The van der Waals surface area contributed by atoms with Crippen LogP contribution in [0.4, 0.5) is 45.5 Å². The van der Waals surface area contributed by atoms with Crippen LogP contribution < -0.4 is 15.1 Å². The van der Waals surface area contributed by atoms with Crippen LogP contribution >= 0.6 is 31.9 Å². The highest BCUT2D eigenvalue weighted by atomic mass is 79.9. The maximum atomic E-state index is 5.32. The molecule has 0 aliphatic rings. The Balaban J connectivity index is 0.000000152. The molecule has 5 heterocycles. The topological polar surface area (TPSA) is 84.9 Å². The molecule has 588 valence electrons. The molecule has 18 aromatic carbocycles. The zero-order valence-electron chi connectivity index (χ0n) is 67.1. The highest BCUT2D eigenvalue weighted by Crippen LogP contribution is 2.44. The molecule has 23 aromatic rings. The molecule has 1 N–H and O–H groups in total. The molecular formula is C112H76Br2N10. The molecule has 0 aliphatic carbocycles. The standard InChI is InChI=1S/C68H46N6.C24H18N2.C20H12Br2N2/c1-3-17-49(18-4-1)71(53-39-43-55(44-40-53)73-63-27-13-7-21-57(63)58-22-8-14-28-64(58)73)51-35-31-47(32-36-51)67-68(70-62-26-12-11-25-61(62)69-67)48-33-37-52(38-34-48)72(50-19-5-2-6-20-50)54-41-45-56(46-42-54)74-65-29-15-9-23-59(65)60-24-10-16-30-66(60)74;1-2-8-18(9-3-1)25-19-14-16-20(17-15-19)26-23-12-6-4-10-21(23)22-11-5-7-13-24(22)26;21-15-9-5-13(6-10-15)19-20(14-7-11-16(22)12-8-14)24-18-4-2-1-3-17(18)23-19/h1-46H;1-17,25H;1-12H.